The van der Waals surface area contributed by atoms with E-state index in [9.17, 15) is 20.3 Å². The molecule has 104 valence electrons. The molecular formula is C16H11NO4. The SMILES string of the molecule is O=[N+]([O-])c1cccc2c(-c3c(O)cccc3O)cccc12. The smallest absolute Gasteiger partial charge is 0.277 e. The molecule has 0 fully saturated rings. The molecule has 0 bridgehead atoms. The van der Waals surface area contributed by atoms with Gasteiger partial charge in [-0.3, -0.25) is 10.1 Å². The van der Waals surface area contributed by atoms with E-state index >= 15 is 0 Å². The zero-order chi connectivity index (χ0) is 15.0. The summed E-state index contributed by atoms with van der Waals surface area (Å²) in [7, 11) is 0. The number of hydrogen-bond acceptors (Lipinski definition) is 4. The quantitative estimate of drug-likeness (QED) is 0.552. The summed E-state index contributed by atoms with van der Waals surface area (Å²) in [5.41, 5.74) is 0.805. The molecule has 0 unspecified atom stereocenters. The number of benzene rings is 3. The summed E-state index contributed by atoms with van der Waals surface area (Å²) in [5.74, 6) is -0.150. The van der Waals surface area contributed by atoms with Crippen LogP contribution in [0.5, 0.6) is 11.5 Å². The molecule has 3 aromatic carbocycles. The van der Waals surface area contributed by atoms with Gasteiger partial charge in [0.05, 0.1) is 15.9 Å². The molecule has 2 N–H and O–H groups in total. The van der Waals surface area contributed by atoms with Crippen molar-refractivity contribution in [1.82, 2.24) is 0 Å². The van der Waals surface area contributed by atoms with Crippen LogP contribution in [0.3, 0.4) is 0 Å². The molecule has 0 atom stereocenters. The summed E-state index contributed by atoms with van der Waals surface area (Å²) in [6, 6.07) is 14.2. The minimum absolute atomic E-state index is 0.00994. The van der Waals surface area contributed by atoms with Crippen molar-refractivity contribution in [2.75, 3.05) is 0 Å². The number of rotatable bonds is 2. The van der Waals surface area contributed by atoms with E-state index in [2.05, 4.69) is 0 Å². The van der Waals surface area contributed by atoms with Gasteiger partial charge in [-0.25, -0.2) is 0 Å². The van der Waals surface area contributed by atoms with E-state index in [0.717, 1.165) is 0 Å². The monoisotopic (exact) mass is 281 g/mol. The van der Waals surface area contributed by atoms with Crippen LogP contribution in [0.2, 0.25) is 0 Å². The molecule has 21 heavy (non-hydrogen) atoms. The van der Waals surface area contributed by atoms with Gasteiger partial charge >= 0.3 is 0 Å². The predicted octanol–water partition coefficient (Wildman–Crippen LogP) is 3.83. The Morgan fingerprint density at radius 3 is 2.05 bits per heavy atom. The molecule has 5 nitrogen and oxygen atoms in total. The highest BCUT2D eigenvalue weighted by Gasteiger charge is 2.17. The molecule has 0 amide bonds. The van der Waals surface area contributed by atoms with Crippen LogP contribution in [0.15, 0.2) is 54.6 Å². The second-order valence-corrected chi connectivity index (χ2v) is 4.61. The van der Waals surface area contributed by atoms with E-state index in [1.54, 1.807) is 30.3 Å². The van der Waals surface area contributed by atoms with E-state index in [-0.39, 0.29) is 22.7 Å². The topological polar surface area (TPSA) is 83.6 Å². The Hall–Kier alpha value is -3.08. The molecular weight excluding hydrogens is 270 g/mol. The van der Waals surface area contributed by atoms with E-state index in [4.69, 9.17) is 0 Å². The summed E-state index contributed by atoms with van der Waals surface area (Å²) in [5, 5.41) is 32.1. The van der Waals surface area contributed by atoms with Gasteiger partial charge in [0.1, 0.15) is 11.5 Å². The van der Waals surface area contributed by atoms with Gasteiger partial charge in [-0.15, -0.1) is 0 Å². The van der Waals surface area contributed by atoms with Crippen LogP contribution in [0, 0.1) is 10.1 Å². The molecule has 3 aromatic rings. The highest BCUT2D eigenvalue weighted by molar-refractivity contribution is 6.03. The summed E-state index contributed by atoms with van der Waals surface area (Å²) in [4.78, 5) is 10.7. The number of phenols is 2. The van der Waals surface area contributed by atoms with Crippen molar-refractivity contribution in [3.63, 3.8) is 0 Å². The van der Waals surface area contributed by atoms with Crippen molar-refractivity contribution in [3.8, 4) is 22.6 Å². The van der Waals surface area contributed by atoms with E-state index in [0.29, 0.717) is 16.3 Å². The first-order valence-corrected chi connectivity index (χ1v) is 6.27. The zero-order valence-electron chi connectivity index (χ0n) is 10.9. The average molecular weight is 281 g/mol. The van der Waals surface area contributed by atoms with Crippen molar-refractivity contribution < 1.29 is 15.1 Å². The van der Waals surface area contributed by atoms with Crippen LogP contribution in [0.25, 0.3) is 21.9 Å². The van der Waals surface area contributed by atoms with E-state index < -0.39 is 4.92 Å². The van der Waals surface area contributed by atoms with Crippen LogP contribution >= 0.6 is 0 Å². The molecule has 0 spiro atoms. The lowest BCUT2D eigenvalue weighted by Gasteiger charge is -2.10. The van der Waals surface area contributed by atoms with Gasteiger partial charge < -0.3 is 10.2 Å². The summed E-state index contributed by atoms with van der Waals surface area (Å²) >= 11 is 0. The second kappa shape index (κ2) is 4.79. The third-order valence-corrected chi connectivity index (χ3v) is 3.39. The molecule has 0 saturated heterocycles. The van der Waals surface area contributed by atoms with Crippen molar-refractivity contribution in [1.29, 1.82) is 0 Å². The largest absolute Gasteiger partial charge is 0.507 e. The average Bonchev–Trinajstić information content (AvgIpc) is 2.46. The Morgan fingerprint density at radius 1 is 0.810 bits per heavy atom. The second-order valence-electron chi connectivity index (χ2n) is 4.61. The van der Waals surface area contributed by atoms with Gasteiger partial charge in [0.25, 0.3) is 5.69 Å². The molecule has 0 aliphatic heterocycles. The number of nitro groups is 1. The highest BCUT2D eigenvalue weighted by atomic mass is 16.6. The van der Waals surface area contributed by atoms with Crippen LogP contribution in [-0.4, -0.2) is 15.1 Å². The van der Waals surface area contributed by atoms with Crippen molar-refractivity contribution in [2.45, 2.75) is 0 Å². The Balaban J connectivity index is 2.40. The molecule has 0 radical (unpaired) electrons. The third kappa shape index (κ3) is 2.04. The minimum atomic E-state index is -0.448. The molecule has 3 rings (SSSR count). The molecule has 0 aromatic heterocycles. The predicted molar refractivity (Wildman–Crippen MR) is 79.4 cm³/mol. The number of phenolic OH excluding ortho intramolecular Hbond substituents is 2. The molecule has 0 aliphatic carbocycles. The fraction of sp³-hybridized carbons (Fsp3) is 0. The third-order valence-electron chi connectivity index (χ3n) is 3.39. The van der Waals surface area contributed by atoms with Crippen LogP contribution in [0.1, 0.15) is 0 Å². The summed E-state index contributed by atoms with van der Waals surface area (Å²) in [6.07, 6.45) is 0. The lowest BCUT2D eigenvalue weighted by Crippen LogP contribution is -1.90. The van der Waals surface area contributed by atoms with Gasteiger partial charge in [-0.1, -0.05) is 30.3 Å². The first-order chi connectivity index (χ1) is 10.1. The lowest BCUT2D eigenvalue weighted by molar-refractivity contribution is -0.383. The van der Waals surface area contributed by atoms with Crippen LogP contribution in [-0.2, 0) is 0 Å². The zero-order valence-corrected chi connectivity index (χ0v) is 10.9. The normalized spacial score (nSPS) is 10.7. The molecule has 0 saturated carbocycles. The Bertz CT molecular complexity index is 838. The number of nitro benzene ring substituents is 1. The van der Waals surface area contributed by atoms with Crippen LogP contribution < -0.4 is 0 Å². The van der Waals surface area contributed by atoms with Crippen molar-refractivity contribution in [2.24, 2.45) is 0 Å². The number of hydrogen-bond donors (Lipinski definition) is 2. The number of nitrogens with zero attached hydrogens (tertiary/aromatic N) is 1. The summed E-state index contributed by atoms with van der Waals surface area (Å²) in [6.45, 7) is 0. The van der Waals surface area contributed by atoms with E-state index in [1.165, 1.54) is 24.3 Å². The molecule has 0 aliphatic rings. The Morgan fingerprint density at radius 2 is 1.38 bits per heavy atom. The van der Waals surface area contributed by atoms with E-state index in [1.807, 2.05) is 0 Å². The Kier molecular flexibility index (Phi) is 2.95. The number of fused-ring (bicyclic) bond motifs is 1. The van der Waals surface area contributed by atoms with Crippen molar-refractivity contribution >= 4 is 16.5 Å². The van der Waals surface area contributed by atoms with Crippen molar-refractivity contribution in [3.05, 3.63) is 64.7 Å². The van der Waals surface area contributed by atoms with Gasteiger partial charge in [0.2, 0.25) is 0 Å². The highest BCUT2D eigenvalue weighted by Crippen LogP contribution is 2.41. The maximum Gasteiger partial charge on any atom is 0.277 e. The number of non-ortho nitro benzene ring substituents is 1. The maximum atomic E-state index is 11.1. The fourth-order valence-corrected chi connectivity index (χ4v) is 2.47. The van der Waals surface area contributed by atoms with Gasteiger partial charge in [-0.2, -0.15) is 0 Å². The first kappa shape index (κ1) is 12.9. The molecule has 0 heterocycles. The summed E-state index contributed by atoms with van der Waals surface area (Å²) < 4.78 is 0. The van der Waals surface area contributed by atoms with Gasteiger partial charge in [0.15, 0.2) is 0 Å². The lowest BCUT2D eigenvalue weighted by atomic mass is 9.96. The standard InChI is InChI=1S/C16H11NO4/c18-14-8-3-9-15(19)16(14)12-6-1-5-11-10(12)4-2-7-13(11)17(20)21/h1-9,18-19H. The maximum absolute atomic E-state index is 11.1. The molecule has 5 heteroatoms. The Labute approximate surface area is 119 Å². The fourth-order valence-electron chi connectivity index (χ4n) is 2.47. The van der Waals surface area contributed by atoms with Gasteiger partial charge in [0, 0.05) is 6.07 Å². The number of aromatic hydroxyl groups is 2. The van der Waals surface area contributed by atoms with Gasteiger partial charge in [-0.05, 0) is 29.1 Å². The first-order valence-electron chi connectivity index (χ1n) is 6.27. The van der Waals surface area contributed by atoms with Crippen LogP contribution in [0.4, 0.5) is 5.69 Å². The minimum Gasteiger partial charge on any atom is -0.507 e.